The fourth-order valence-electron chi connectivity index (χ4n) is 3.76. The van der Waals surface area contributed by atoms with Crippen molar-refractivity contribution in [2.45, 2.75) is 6.10 Å². The number of cyclic esters (lactones) is 1. The van der Waals surface area contributed by atoms with Gasteiger partial charge in [0.2, 0.25) is 5.91 Å². The lowest BCUT2D eigenvalue weighted by molar-refractivity contribution is -0.116. The second kappa shape index (κ2) is 8.78. The lowest BCUT2D eigenvalue weighted by atomic mass is 10.1. The Morgan fingerprint density at radius 2 is 2.00 bits per heavy atom. The van der Waals surface area contributed by atoms with Crippen LogP contribution in [0.3, 0.4) is 0 Å². The fourth-order valence-corrected chi connectivity index (χ4v) is 3.76. The first-order valence-electron chi connectivity index (χ1n) is 10.4. The number of benzene rings is 2. The summed E-state index contributed by atoms with van der Waals surface area (Å²) in [6.45, 7) is 1.38. The smallest absolute Gasteiger partial charge is 0.414 e. The molecule has 9 heteroatoms. The van der Waals surface area contributed by atoms with Crippen LogP contribution in [-0.4, -0.2) is 49.4 Å². The summed E-state index contributed by atoms with van der Waals surface area (Å²) in [6.07, 6.45) is 3.56. The Balaban J connectivity index is 1.20. The highest BCUT2D eigenvalue weighted by Gasteiger charge is 2.33. The summed E-state index contributed by atoms with van der Waals surface area (Å²) < 4.78 is 30.0. The van der Waals surface area contributed by atoms with Gasteiger partial charge in [-0.05, 0) is 48.0 Å². The van der Waals surface area contributed by atoms with Gasteiger partial charge >= 0.3 is 6.09 Å². The summed E-state index contributed by atoms with van der Waals surface area (Å²) >= 11 is 0. The number of carbonyl (C=O) groups excluding carboxylic acids is 2. The molecular weight excluding hydrogens is 429 g/mol. The van der Waals surface area contributed by atoms with Crippen LogP contribution < -0.4 is 19.7 Å². The van der Waals surface area contributed by atoms with E-state index in [0.29, 0.717) is 46.9 Å². The number of rotatable bonds is 5. The lowest BCUT2D eigenvalue weighted by Gasteiger charge is -2.21. The van der Waals surface area contributed by atoms with Crippen LogP contribution >= 0.6 is 0 Å². The Kier molecular flexibility index (Phi) is 5.52. The average Bonchev–Trinajstić information content (AvgIpc) is 3.21. The third kappa shape index (κ3) is 4.43. The molecule has 3 aromatic rings. The van der Waals surface area contributed by atoms with E-state index in [4.69, 9.17) is 14.2 Å². The molecule has 1 atom stereocenters. The van der Waals surface area contributed by atoms with Crippen LogP contribution in [0.15, 0.2) is 54.7 Å². The number of hydrogen-bond donors (Lipinski definition) is 1. The summed E-state index contributed by atoms with van der Waals surface area (Å²) in [6, 6.07) is 11.3. The SMILES string of the molecule is O=C(/C=C/c1ccnc2ccc(F)cc12)NC[C@@H]1CN(c2ccc3c(c2)OCCO3)C(=O)O1. The van der Waals surface area contributed by atoms with Crippen LogP contribution in [0.4, 0.5) is 14.9 Å². The number of pyridine rings is 1. The van der Waals surface area contributed by atoms with Crippen LogP contribution in [-0.2, 0) is 9.53 Å². The van der Waals surface area contributed by atoms with E-state index in [2.05, 4.69) is 10.3 Å². The van der Waals surface area contributed by atoms with Gasteiger partial charge < -0.3 is 19.5 Å². The van der Waals surface area contributed by atoms with Crippen molar-refractivity contribution in [1.29, 1.82) is 0 Å². The number of hydrogen-bond acceptors (Lipinski definition) is 6. The van der Waals surface area contributed by atoms with E-state index in [1.807, 2.05) is 0 Å². The standard InChI is InChI=1S/C24H20FN3O5/c25-16-2-4-20-19(11-16)15(7-8-26-20)1-6-23(29)27-13-18-14-28(24(30)33-18)17-3-5-21-22(12-17)32-10-9-31-21/h1-8,11-12,18H,9-10,13-14H2,(H,27,29)/b6-1+/t18-/m1/s1. The summed E-state index contributed by atoms with van der Waals surface area (Å²) in [4.78, 5) is 30.3. The van der Waals surface area contributed by atoms with Gasteiger partial charge in [0.1, 0.15) is 25.1 Å². The molecule has 1 saturated heterocycles. The zero-order chi connectivity index (χ0) is 22.8. The summed E-state index contributed by atoms with van der Waals surface area (Å²) in [5, 5.41) is 3.35. The van der Waals surface area contributed by atoms with Crippen LogP contribution in [0.2, 0.25) is 0 Å². The predicted molar refractivity (Wildman–Crippen MR) is 119 cm³/mol. The number of carbonyl (C=O) groups is 2. The average molecular weight is 449 g/mol. The molecular formula is C24H20FN3O5. The molecule has 2 aromatic carbocycles. The first-order chi connectivity index (χ1) is 16.1. The van der Waals surface area contributed by atoms with E-state index in [1.54, 1.807) is 42.6 Å². The van der Waals surface area contributed by atoms with Crippen molar-refractivity contribution in [3.8, 4) is 11.5 Å². The maximum absolute atomic E-state index is 13.6. The fraction of sp³-hybridized carbons (Fsp3) is 0.208. The highest BCUT2D eigenvalue weighted by atomic mass is 19.1. The topological polar surface area (TPSA) is 90.0 Å². The third-order valence-corrected chi connectivity index (χ3v) is 5.37. The molecule has 3 heterocycles. The predicted octanol–water partition coefficient (Wildman–Crippen LogP) is 3.30. The van der Waals surface area contributed by atoms with Gasteiger partial charge in [0, 0.05) is 23.7 Å². The van der Waals surface area contributed by atoms with E-state index < -0.39 is 12.2 Å². The molecule has 2 aliphatic rings. The summed E-state index contributed by atoms with van der Waals surface area (Å²) in [7, 11) is 0. The highest BCUT2D eigenvalue weighted by molar-refractivity contribution is 5.96. The normalized spacial score (nSPS) is 17.4. The molecule has 0 bridgehead atoms. The zero-order valence-corrected chi connectivity index (χ0v) is 17.5. The van der Waals surface area contributed by atoms with Crippen LogP contribution in [0.5, 0.6) is 11.5 Å². The molecule has 2 aliphatic heterocycles. The third-order valence-electron chi connectivity index (χ3n) is 5.37. The van der Waals surface area contributed by atoms with Gasteiger partial charge in [-0.3, -0.25) is 14.7 Å². The van der Waals surface area contributed by atoms with Gasteiger partial charge in [-0.2, -0.15) is 0 Å². The molecule has 2 amide bonds. The molecule has 8 nitrogen and oxygen atoms in total. The van der Waals surface area contributed by atoms with Crippen molar-refractivity contribution in [3.63, 3.8) is 0 Å². The van der Waals surface area contributed by atoms with E-state index in [1.165, 1.54) is 23.1 Å². The Hall–Kier alpha value is -4.14. The molecule has 168 valence electrons. The monoisotopic (exact) mass is 449 g/mol. The minimum Gasteiger partial charge on any atom is -0.486 e. The molecule has 0 saturated carbocycles. The molecule has 0 unspecified atom stereocenters. The van der Waals surface area contributed by atoms with Crippen LogP contribution in [0.1, 0.15) is 5.56 Å². The van der Waals surface area contributed by atoms with Crippen molar-refractivity contribution in [2.24, 2.45) is 0 Å². The quantitative estimate of drug-likeness (QED) is 0.602. The molecule has 0 spiro atoms. The number of nitrogens with one attached hydrogen (secondary N) is 1. The van der Waals surface area contributed by atoms with E-state index in [0.717, 1.165) is 0 Å². The van der Waals surface area contributed by atoms with Crippen molar-refractivity contribution >= 4 is 34.7 Å². The number of aromatic nitrogens is 1. The Morgan fingerprint density at radius 3 is 2.88 bits per heavy atom. The van der Waals surface area contributed by atoms with Crippen molar-refractivity contribution in [2.75, 3.05) is 31.2 Å². The van der Waals surface area contributed by atoms with Crippen molar-refractivity contribution in [1.82, 2.24) is 10.3 Å². The van der Waals surface area contributed by atoms with Crippen molar-refractivity contribution < 1.29 is 28.2 Å². The Bertz CT molecular complexity index is 1260. The maximum atomic E-state index is 13.6. The largest absolute Gasteiger partial charge is 0.486 e. The first-order valence-corrected chi connectivity index (χ1v) is 10.4. The molecule has 0 aliphatic carbocycles. The van der Waals surface area contributed by atoms with Gasteiger partial charge in [-0.25, -0.2) is 9.18 Å². The lowest BCUT2D eigenvalue weighted by Crippen LogP contribution is -2.33. The number of fused-ring (bicyclic) bond motifs is 2. The highest BCUT2D eigenvalue weighted by Crippen LogP contribution is 2.35. The van der Waals surface area contributed by atoms with Crippen LogP contribution in [0.25, 0.3) is 17.0 Å². The Morgan fingerprint density at radius 1 is 1.15 bits per heavy atom. The Labute approximate surface area is 188 Å². The molecule has 0 radical (unpaired) electrons. The molecule has 1 N–H and O–H groups in total. The molecule has 33 heavy (non-hydrogen) atoms. The van der Waals surface area contributed by atoms with Gasteiger partial charge in [-0.1, -0.05) is 0 Å². The van der Waals surface area contributed by atoms with Gasteiger partial charge in [0.15, 0.2) is 11.5 Å². The van der Waals surface area contributed by atoms with Gasteiger partial charge in [-0.15, -0.1) is 0 Å². The second-order valence-corrected chi connectivity index (χ2v) is 7.58. The maximum Gasteiger partial charge on any atom is 0.414 e. The minimum absolute atomic E-state index is 0.154. The number of nitrogens with zero attached hydrogens (tertiary/aromatic N) is 2. The van der Waals surface area contributed by atoms with Crippen LogP contribution in [0, 0.1) is 5.82 Å². The number of halogens is 1. The molecule has 1 fully saturated rings. The second-order valence-electron chi connectivity index (χ2n) is 7.58. The number of ether oxygens (including phenoxy) is 3. The molecule has 5 rings (SSSR count). The minimum atomic E-state index is -0.501. The number of anilines is 1. The van der Waals surface area contributed by atoms with Gasteiger partial charge in [0.05, 0.1) is 24.3 Å². The van der Waals surface area contributed by atoms with E-state index >= 15 is 0 Å². The van der Waals surface area contributed by atoms with Gasteiger partial charge in [0.25, 0.3) is 0 Å². The zero-order valence-electron chi connectivity index (χ0n) is 17.5. The molecule has 1 aromatic heterocycles. The summed E-state index contributed by atoms with van der Waals surface area (Å²) in [5.74, 6) is 0.486. The first kappa shape index (κ1) is 20.7. The summed E-state index contributed by atoms with van der Waals surface area (Å²) in [5.41, 5.74) is 1.94. The van der Waals surface area contributed by atoms with E-state index in [-0.39, 0.29) is 24.8 Å². The number of amides is 2. The van der Waals surface area contributed by atoms with Crippen molar-refractivity contribution in [3.05, 3.63) is 66.1 Å². The van der Waals surface area contributed by atoms with E-state index in [9.17, 15) is 14.0 Å².